The largest absolute Gasteiger partial charge is 0.336 e. The Morgan fingerprint density at radius 3 is 2.86 bits per heavy atom. The van der Waals surface area contributed by atoms with Gasteiger partial charge in [-0.1, -0.05) is 24.6 Å². The van der Waals surface area contributed by atoms with Crippen LogP contribution in [0.1, 0.15) is 38.6 Å². The second kappa shape index (κ2) is 6.00. The number of carbonyl (C=O) groups is 2. The highest BCUT2D eigenvalue weighted by atomic mass is 32.2. The van der Waals surface area contributed by atoms with Gasteiger partial charge in [-0.05, 0) is 30.2 Å². The molecule has 0 radical (unpaired) electrons. The summed E-state index contributed by atoms with van der Waals surface area (Å²) < 4.78 is 1.82. The van der Waals surface area contributed by atoms with Gasteiger partial charge in [-0.2, -0.15) is 0 Å². The topological polar surface area (TPSA) is 93.0 Å². The fourth-order valence-electron chi connectivity index (χ4n) is 2.75. The molecular weight excluding hydrogens is 292 g/mol. The van der Waals surface area contributed by atoms with Crippen LogP contribution in [-0.2, 0) is 4.79 Å². The van der Waals surface area contributed by atoms with E-state index in [4.69, 9.17) is 0 Å². The average Bonchev–Trinajstić information content (AvgIpc) is 3.17. The first-order valence-corrected chi connectivity index (χ1v) is 8.08. The standard InChI is InChI=1S/C12H18N6O2S/c1-8(10(19)17-7-6-13-11(17)20)21-12-14-15-16-18(12)9-4-2-3-5-9/h8-9H,2-7H2,1H3,(H,13,20)/t8-/m0/s1. The molecule has 1 aliphatic heterocycles. The van der Waals surface area contributed by atoms with E-state index in [0.717, 1.165) is 12.8 Å². The Bertz CT molecular complexity index is 542. The van der Waals surface area contributed by atoms with Crippen molar-refractivity contribution in [2.45, 2.75) is 49.1 Å². The Labute approximate surface area is 126 Å². The maximum atomic E-state index is 12.3. The molecule has 0 aromatic carbocycles. The molecule has 1 saturated heterocycles. The van der Waals surface area contributed by atoms with E-state index < -0.39 is 0 Å². The monoisotopic (exact) mass is 310 g/mol. The first kappa shape index (κ1) is 14.3. The van der Waals surface area contributed by atoms with E-state index in [0.29, 0.717) is 24.3 Å². The molecule has 114 valence electrons. The zero-order valence-corrected chi connectivity index (χ0v) is 12.7. The van der Waals surface area contributed by atoms with Crippen molar-refractivity contribution in [1.82, 2.24) is 30.4 Å². The van der Waals surface area contributed by atoms with Crippen molar-refractivity contribution in [3.8, 4) is 0 Å². The molecule has 1 saturated carbocycles. The highest BCUT2D eigenvalue weighted by Crippen LogP contribution is 2.32. The Balaban J connectivity index is 1.67. The van der Waals surface area contributed by atoms with E-state index in [2.05, 4.69) is 20.8 Å². The number of imide groups is 1. The van der Waals surface area contributed by atoms with Gasteiger partial charge >= 0.3 is 6.03 Å². The third kappa shape index (κ3) is 2.87. The first-order chi connectivity index (χ1) is 10.2. The van der Waals surface area contributed by atoms with Crippen LogP contribution in [0.5, 0.6) is 0 Å². The minimum Gasteiger partial charge on any atom is -0.336 e. The van der Waals surface area contributed by atoms with Crippen LogP contribution < -0.4 is 5.32 Å². The van der Waals surface area contributed by atoms with E-state index in [1.54, 1.807) is 6.92 Å². The SMILES string of the molecule is C[C@H](Sc1nnnn1C1CCCC1)C(=O)N1CCNC1=O. The van der Waals surface area contributed by atoms with Crippen LogP contribution in [-0.4, -0.2) is 55.4 Å². The molecule has 2 heterocycles. The lowest BCUT2D eigenvalue weighted by Gasteiger charge is -2.17. The van der Waals surface area contributed by atoms with Crippen LogP contribution in [0.4, 0.5) is 4.79 Å². The lowest BCUT2D eigenvalue weighted by molar-refractivity contribution is -0.126. The van der Waals surface area contributed by atoms with E-state index in [1.807, 2.05) is 4.68 Å². The van der Waals surface area contributed by atoms with Crippen molar-refractivity contribution in [3.05, 3.63) is 0 Å². The predicted octanol–water partition coefficient (Wildman–Crippen LogP) is 0.821. The van der Waals surface area contributed by atoms with Crippen molar-refractivity contribution >= 4 is 23.7 Å². The zero-order valence-electron chi connectivity index (χ0n) is 11.9. The molecule has 1 aliphatic carbocycles. The Morgan fingerprint density at radius 1 is 1.43 bits per heavy atom. The van der Waals surface area contributed by atoms with Crippen LogP contribution >= 0.6 is 11.8 Å². The summed E-state index contributed by atoms with van der Waals surface area (Å²) in [6, 6.07) is 0.0164. The third-order valence-corrected chi connectivity index (χ3v) is 4.92. The molecule has 1 aromatic heterocycles. The van der Waals surface area contributed by atoms with Crippen molar-refractivity contribution < 1.29 is 9.59 Å². The summed E-state index contributed by atoms with van der Waals surface area (Å²) in [7, 11) is 0. The molecule has 8 nitrogen and oxygen atoms in total. The number of hydrogen-bond acceptors (Lipinski definition) is 6. The van der Waals surface area contributed by atoms with Crippen LogP contribution in [0.15, 0.2) is 5.16 Å². The Morgan fingerprint density at radius 2 is 2.19 bits per heavy atom. The molecule has 9 heteroatoms. The van der Waals surface area contributed by atoms with Gasteiger partial charge in [0.15, 0.2) is 0 Å². The fourth-order valence-corrected chi connectivity index (χ4v) is 3.67. The van der Waals surface area contributed by atoms with Crippen LogP contribution in [0.25, 0.3) is 0 Å². The summed E-state index contributed by atoms with van der Waals surface area (Å²) in [4.78, 5) is 25.1. The molecule has 1 N–H and O–H groups in total. The van der Waals surface area contributed by atoms with Crippen molar-refractivity contribution in [1.29, 1.82) is 0 Å². The number of urea groups is 1. The zero-order chi connectivity index (χ0) is 14.8. The quantitative estimate of drug-likeness (QED) is 0.828. The van der Waals surface area contributed by atoms with Crippen molar-refractivity contribution in [2.75, 3.05) is 13.1 Å². The highest BCUT2D eigenvalue weighted by molar-refractivity contribution is 8.00. The van der Waals surface area contributed by atoms with E-state index in [-0.39, 0.29) is 17.2 Å². The van der Waals surface area contributed by atoms with Crippen LogP contribution in [0.3, 0.4) is 0 Å². The molecule has 0 bridgehead atoms. The van der Waals surface area contributed by atoms with Gasteiger partial charge in [0.05, 0.1) is 11.3 Å². The molecule has 2 aliphatic rings. The smallest absolute Gasteiger partial charge is 0.324 e. The number of hydrogen-bond donors (Lipinski definition) is 1. The number of rotatable bonds is 4. The number of aromatic nitrogens is 4. The molecule has 21 heavy (non-hydrogen) atoms. The van der Waals surface area contributed by atoms with E-state index >= 15 is 0 Å². The van der Waals surface area contributed by atoms with Gasteiger partial charge in [0, 0.05) is 13.1 Å². The summed E-state index contributed by atoms with van der Waals surface area (Å²) in [5.74, 6) is -0.198. The van der Waals surface area contributed by atoms with E-state index in [1.165, 1.54) is 29.5 Å². The van der Waals surface area contributed by atoms with Crippen molar-refractivity contribution in [2.24, 2.45) is 0 Å². The lowest BCUT2D eigenvalue weighted by atomic mass is 10.3. The van der Waals surface area contributed by atoms with Gasteiger partial charge in [0.2, 0.25) is 11.1 Å². The highest BCUT2D eigenvalue weighted by Gasteiger charge is 2.32. The number of tetrazole rings is 1. The molecule has 3 rings (SSSR count). The number of thioether (sulfide) groups is 1. The second-order valence-electron chi connectivity index (χ2n) is 5.33. The molecule has 2 fully saturated rings. The summed E-state index contributed by atoms with van der Waals surface area (Å²) in [5.41, 5.74) is 0. The summed E-state index contributed by atoms with van der Waals surface area (Å²) in [5, 5.41) is 14.7. The number of nitrogens with one attached hydrogen (secondary N) is 1. The van der Waals surface area contributed by atoms with Crippen LogP contribution in [0, 0.1) is 0 Å². The summed E-state index contributed by atoms with van der Waals surface area (Å²) in [6.07, 6.45) is 4.54. The minimum absolute atomic E-state index is 0.198. The van der Waals surface area contributed by atoms with Gasteiger partial charge in [0.25, 0.3) is 0 Å². The minimum atomic E-state index is -0.389. The number of carbonyl (C=O) groups excluding carboxylic acids is 2. The van der Waals surface area contributed by atoms with Gasteiger partial charge in [-0.15, -0.1) is 5.10 Å². The van der Waals surface area contributed by atoms with Gasteiger partial charge in [-0.3, -0.25) is 9.69 Å². The maximum absolute atomic E-state index is 12.3. The van der Waals surface area contributed by atoms with Crippen LogP contribution in [0.2, 0.25) is 0 Å². The summed E-state index contributed by atoms with van der Waals surface area (Å²) >= 11 is 1.32. The second-order valence-corrected chi connectivity index (χ2v) is 6.63. The molecule has 0 unspecified atom stereocenters. The number of amides is 3. The molecule has 1 atom stereocenters. The Kier molecular flexibility index (Phi) is 4.09. The van der Waals surface area contributed by atoms with Crippen molar-refractivity contribution in [3.63, 3.8) is 0 Å². The lowest BCUT2D eigenvalue weighted by Crippen LogP contribution is -2.39. The van der Waals surface area contributed by atoms with Gasteiger partial charge < -0.3 is 5.32 Å². The summed E-state index contributed by atoms with van der Waals surface area (Å²) in [6.45, 7) is 2.73. The molecule has 0 spiro atoms. The molecule has 3 amide bonds. The maximum Gasteiger partial charge on any atom is 0.324 e. The Hall–Kier alpha value is -1.64. The first-order valence-electron chi connectivity index (χ1n) is 7.20. The third-order valence-electron chi connectivity index (χ3n) is 3.89. The average molecular weight is 310 g/mol. The van der Waals surface area contributed by atoms with Gasteiger partial charge in [0.1, 0.15) is 0 Å². The molecular formula is C12H18N6O2S. The molecule has 1 aromatic rings. The normalized spacial score (nSPS) is 20.8. The van der Waals surface area contributed by atoms with Gasteiger partial charge in [-0.25, -0.2) is 9.48 Å². The van der Waals surface area contributed by atoms with E-state index in [9.17, 15) is 9.59 Å². The predicted molar refractivity (Wildman–Crippen MR) is 75.8 cm³/mol. The number of nitrogens with zero attached hydrogens (tertiary/aromatic N) is 5. The fraction of sp³-hybridized carbons (Fsp3) is 0.750.